The number of rotatable bonds is 35. The zero-order chi connectivity index (χ0) is 33.2. The van der Waals surface area contributed by atoms with Crippen molar-refractivity contribution in [1.29, 1.82) is 0 Å². The SMILES string of the molecule is CCCCCCCC/C=C\CCCCCCCC(=O)C(N)C(CN(C)C)C(=O)CCCCCCC/C=C\CCCCCCCC. The standard InChI is InChI=1S/C41H78N2O2/c1-5-7-9-11-13-15-17-19-21-23-25-27-29-31-33-35-39(44)38(37-43(3)4)41(42)40(45)36-34-32-30-28-26-24-22-20-18-16-14-12-10-8-6-2/h19-22,38,41H,5-18,23-37,42H2,1-4H3/b21-19-,22-20-. The van der Waals surface area contributed by atoms with Gasteiger partial charge in [0, 0.05) is 19.4 Å². The van der Waals surface area contributed by atoms with Gasteiger partial charge >= 0.3 is 0 Å². The first kappa shape index (κ1) is 43.7. The zero-order valence-corrected chi connectivity index (χ0v) is 30.8. The molecule has 0 aliphatic carbocycles. The maximum Gasteiger partial charge on any atom is 0.150 e. The maximum atomic E-state index is 13.1. The van der Waals surface area contributed by atoms with Gasteiger partial charge in [0.05, 0.1) is 12.0 Å². The van der Waals surface area contributed by atoms with Gasteiger partial charge in [-0.05, 0) is 78.3 Å². The highest BCUT2D eigenvalue weighted by Gasteiger charge is 2.30. The lowest BCUT2D eigenvalue weighted by Crippen LogP contribution is -2.46. The van der Waals surface area contributed by atoms with Crippen molar-refractivity contribution in [1.82, 2.24) is 4.90 Å². The van der Waals surface area contributed by atoms with E-state index in [9.17, 15) is 9.59 Å². The first-order valence-electron chi connectivity index (χ1n) is 19.7. The van der Waals surface area contributed by atoms with Crippen LogP contribution in [-0.4, -0.2) is 43.1 Å². The van der Waals surface area contributed by atoms with E-state index >= 15 is 0 Å². The summed E-state index contributed by atoms with van der Waals surface area (Å²) >= 11 is 0. The Morgan fingerprint density at radius 2 is 0.800 bits per heavy atom. The van der Waals surface area contributed by atoms with Gasteiger partial charge in [0.1, 0.15) is 11.6 Å². The highest BCUT2D eigenvalue weighted by Crippen LogP contribution is 2.17. The molecule has 0 bridgehead atoms. The van der Waals surface area contributed by atoms with E-state index in [2.05, 4.69) is 38.2 Å². The van der Waals surface area contributed by atoms with E-state index < -0.39 is 6.04 Å². The molecule has 0 rings (SSSR count). The fourth-order valence-electron chi connectivity index (χ4n) is 6.13. The quantitative estimate of drug-likeness (QED) is 0.0559. The van der Waals surface area contributed by atoms with Crippen molar-refractivity contribution >= 4 is 11.6 Å². The summed E-state index contributed by atoms with van der Waals surface area (Å²) < 4.78 is 0. The predicted octanol–water partition coefficient (Wildman–Crippen LogP) is 11.7. The van der Waals surface area contributed by atoms with Crippen molar-refractivity contribution in [2.75, 3.05) is 20.6 Å². The second kappa shape index (κ2) is 34.1. The molecule has 0 amide bonds. The largest absolute Gasteiger partial charge is 0.321 e. The van der Waals surface area contributed by atoms with E-state index in [1.54, 1.807) is 0 Å². The first-order chi connectivity index (χ1) is 21.9. The number of hydrogen-bond acceptors (Lipinski definition) is 4. The van der Waals surface area contributed by atoms with Gasteiger partial charge in [-0.2, -0.15) is 0 Å². The van der Waals surface area contributed by atoms with Gasteiger partial charge in [-0.1, -0.05) is 141 Å². The van der Waals surface area contributed by atoms with Gasteiger partial charge in [0.2, 0.25) is 0 Å². The maximum absolute atomic E-state index is 13.1. The van der Waals surface area contributed by atoms with Gasteiger partial charge in [-0.3, -0.25) is 9.59 Å². The molecule has 0 saturated heterocycles. The van der Waals surface area contributed by atoms with Gasteiger partial charge < -0.3 is 10.6 Å². The van der Waals surface area contributed by atoms with Gasteiger partial charge in [0.15, 0.2) is 0 Å². The first-order valence-corrected chi connectivity index (χ1v) is 19.7. The van der Waals surface area contributed by atoms with Crippen molar-refractivity contribution in [2.24, 2.45) is 11.7 Å². The number of unbranched alkanes of at least 4 members (excludes halogenated alkanes) is 22. The van der Waals surface area contributed by atoms with Crippen LogP contribution in [-0.2, 0) is 9.59 Å². The molecule has 0 aliphatic rings. The fourth-order valence-corrected chi connectivity index (χ4v) is 6.13. The van der Waals surface area contributed by atoms with Gasteiger partial charge in [-0.25, -0.2) is 0 Å². The Balaban J connectivity index is 3.97. The molecular weight excluding hydrogens is 552 g/mol. The topological polar surface area (TPSA) is 63.4 Å². The summed E-state index contributed by atoms with van der Waals surface area (Å²) in [6.45, 7) is 5.10. The van der Waals surface area contributed by atoms with Crippen LogP contribution < -0.4 is 5.73 Å². The lowest BCUT2D eigenvalue weighted by Gasteiger charge is -2.25. The Morgan fingerprint density at radius 3 is 1.16 bits per heavy atom. The second-order valence-corrected chi connectivity index (χ2v) is 14.0. The minimum absolute atomic E-state index is 0.0670. The monoisotopic (exact) mass is 631 g/mol. The molecule has 2 N–H and O–H groups in total. The summed E-state index contributed by atoms with van der Waals surface area (Å²) in [5, 5.41) is 0. The summed E-state index contributed by atoms with van der Waals surface area (Å²) in [6.07, 6.45) is 42.9. The van der Waals surface area contributed by atoms with Crippen LogP contribution in [0.25, 0.3) is 0 Å². The van der Waals surface area contributed by atoms with Gasteiger partial charge in [-0.15, -0.1) is 0 Å². The molecular formula is C41H78N2O2. The Morgan fingerprint density at radius 1 is 0.489 bits per heavy atom. The summed E-state index contributed by atoms with van der Waals surface area (Å²) in [7, 11) is 3.92. The number of allylic oxidation sites excluding steroid dienone is 4. The molecule has 264 valence electrons. The zero-order valence-electron chi connectivity index (χ0n) is 30.8. The molecule has 45 heavy (non-hydrogen) atoms. The smallest absolute Gasteiger partial charge is 0.150 e. The molecule has 0 radical (unpaired) electrons. The van der Waals surface area contributed by atoms with Crippen LogP contribution in [0.5, 0.6) is 0 Å². The lowest BCUT2D eigenvalue weighted by atomic mass is 9.87. The molecule has 0 fully saturated rings. The van der Waals surface area contributed by atoms with Crippen LogP contribution in [0.15, 0.2) is 24.3 Å². The number of nitrogens with two attached hydrogens (primary N) is 1. The molecule has 4 heteroatoms. The third-order valence-corrected chi connectivity index (χ3v) is 9.15. The number of carbonyl (C=O) groups is 2. The van der Waals surface area contributed by atoms with E-state index in [1.807, 2.05) is 19.0 Å². The molecule has 4 nitrogen and oxygen atoms in total. The summed E-state index contributed by atoms with van der Waals surface area (Å²) in [4.78, 5) is 28.0. The average Bonchev–Trinajstić information content (AvgIpc) is 3.02. The molecule has 2 unspecified atom stereocenters. The summed E-state index contributed by atoms with van der Waals surface area (Å²) in [5.74, 6) is -0.142. The van der Waals surface area contributed by atoms with E-state index in [1.165, 1.54) is 141 Å². The van der Waals surface area contributed by atoms with E-state index in [-0.39, 0.29) is 17.5 Å². The van der Waals surface area contributed by atoms with Crippen LogP contribution >= 0.6 is 0 Å². The lowest BCUT2D eigenvalue weighted by molar-refractivity contribution is -0.130. The summed E-state index contributed by atoms with van der Waals surface area (Å²) in [5.41, 5.74) is 6.42. The molecule has 0 aromatic heterocycles. The van der Waals surface area contributed by atoms with Crippen LogP contribution in [0.3, 0.4) is 0 Å². The molecule has 0 aromatic rings. The number of nitrogens with zero attached hydrogens (tertiary/aromatic N) is 1. The van der Waals surface area contributed by atoms with Crippen LogP contribution in [0, 0.1) is 5.92 Å². The number of hydrogen-bond donors (Lipinski definition) is 1. The number of ketones is 2. The van der Waals surface area contributed by atoms with Crippen LogP contribution in [0.1, 0.15) is 194 Å². The number of Topliss-reactive ketones (excluding diaryl/α,β-unsaturated/α-hetero) is 2. The van der Waals surface area contributed by atoms with Crippen molar-refractivity contribution in [3.8, 4) is 0 Å². The third-order valence-electron chi connectivity index (χ3n) is 9.15. The Bertz CT molecular complexity index is 714. The van der Waals surface area contributed by atoms with Crippen molar-refractivity contribution in [3.05, 3.63) is 24.3 Å². The Hall–Kier alpha value is -1.26. The van der Waals surface area contributed by atoms with Crippen LogP contribution in [0.2, 0.25) is 0 Å². The van der Waals surface area contributed by atoms with Crippen molar-refractivity contribution in [3.63, 3.8) is 0 Å². The minimum atomic E-state index is -0.667. The highest BCUT2D eigenvalue weighted by atomic mass is 16.1. The molecule has 2 atom stereocenters. The van der Waals surface area contributed by atoms with Crippen LogP contribution in [0.4, 0.5) is 0 Å². The Kier molecular flexibility index (Phi) is 33.1. The molecule has 0 spiro atoms. The normalized spacial score (nSPS) is 13.4. The van der Waals surface area contributed by atoms with Gasteiger partial charge in [0.25, 0.3) is 0 Å². The van der Waals surface area contributed by atoms with Crippen molar-refractivity contribution in [2.45, 2.75) is 200 Å². The average molecular weight is 631 g/mol. The summed E-state index contributed by atoms with van der Waals surface area (Å²) in [6, 6.07) is -0.667. The predicted molar refractivity (Wildman–Crippen MR) is 199 cm³/mol. The highest BCUT2D eigenvalue weighted by molar-refractivity contribution is 5.92. The van der Waals surface area contributed by atoms with E-state index in [0.29, 0.717) is 19.4 Å². The molecule has 0 aliphatic heterocycles. The van der Waals surface area contributed by atoms with E-state index in [4.69, 9.17) is 5.73 Å². The third kappa shape index (κ3) is 29.9. The molecule has 0 aromatic carbocycles. The minimum Gasteiger partial charge on any atom is -0.321 e. The molecule has 0 heterocycles. The fraction of sp³-hybridized carbons (Fsp3) is 0.854. The van der Waals surface area contributed by atoms with E-state index in [0.717, 1.165) is 25.7 Å². The number of carbonyl (C=O) groups excluding carboxylic acids is 2. The van der Waals surface area contributed by atoms with Crippen molar-refractivity contribution < 1.29 is 9.59 Å². The Labute approximate surface area is 281 Å². The second-order valence-electron chi connectivity index (χ2n) is 14.0. The molecule has 0 saturated carbocycles.